The molecule has 0 saturated carbocycles. The number of thiocarbonyl (C=S) groups is 1. The zero-order valence-electron chi connectivity index (χ0n) is 20.5. The van der Waals surface area contributed by atoms with Crippen LogP contribution in [0.25, 0.3) is 0 Å². The molecule has 2 rings (SSSR count). The van der Waals surface area contributed by atoms with Crippen LogP contribution in [0.15, 0.2) is 24.3 Å². The van der Waals surface area contributed by atoms with Crippen LogP contribution in [-0.4, -0.2) is 132 Å². The van der Waals surface area contributed by atoms with Crippen molar-refractivity contribution < 1.29 is 34.4 Å². The largest absolute Gasteiger partial charge is 0.480 e. The van der Waals surface area contributed by atoms with E-state index in [1.807, 2.05) is 31.1 Å². The number of anilines is 1. The fraction of sp³-hybridized carbons (Fsp3) is 0.565. The Bertz CT molecular complexity index is 890. The predicted molar refractivity (Wildman–Crippen MR) is 140 cm³/mol. The Balaban J connectivity index is 2.26. The van der Waals surface area contributed by atoms with Crippen LogP contribution in [0.5, 0.6) is 0 Å². The third-order valence-electron chi connectivity index (χ3n) is 5.80. The highest BCUT2D eigenvalue weighted by molar-refractivity contribution is 7.83. The van der Waals surface area contributed by atoms with Gasteiger partial charge in [-0.2, -0.15) is 0 Å². The van der Waals surface area contributed by atoms with Crippen molar-refractivity contribution in [3.63, 3.8) is 0 Å². The van der Waals surface area contributed by atoms with E-state index >= 15 is 0 Å². The number of aliphatic carboxylic acids is 3. The fourth-order valence-electron chi connectivity index (χ4n) is 4.03. The standard InChI is InChI=1S/C23H34BN4O7S/c1-24-23(36)25-18-4-2-17(3-5-18)12-19-13-27(15-21(31)32)7-6-26(14-20(29)30)8-10-35-11-9-28(19)16-22(33)34/h2-5,19H,6-16H2,1H3,(H,25,36)(H,29,30)(H,31,32)(H,33,34)/t19-/m0/s1. The summed E-state index contributed by atoms with van der Waals surface area (Å²) < 4.78 is 5.68. The van der Waals surface area contributed by atoms with Crippen LogP contribution in [-0.2, 0) is 25.5 Å². The fourth-order valence-corrected chi connectivity index (χ4v) is 4.15. The lowest BCUT2D eigenvalue weighted by molar-refractivity contribution is -0.141. The highest BCUT2D eigenvalue weighted by atomic mass is 32.1. The van der Waals surface area contributed by atoms with Crippen molar-refractivity contribution in [2.45, 2.75) is 19.3 Å². The lowest BCUT2D eigenvalue weighted by atomic mass is 9.82. The normalized spacial score (nSPS) is 19.0. The summed E-state index contributed by atoms with van der Waals surface area (Å²) >= 11 is 5.18. The Hall–Kier alpha value is -2.58. The summed E-state index contributed by atoms with van der Waals surface area (Å²) in [5, 5.41) is 31.3. The second-order valence-electron chi connectivity index (χ2n) is 8.61. The number of ether oxygens (including phenoxy) is 1. The van der Waals surface area contributed by atoms with Crippen LogP contribution in [0.3, 0.4) is 0 Å². The van der Waals surface area contributed by atoms with Gasteiger partial charge in [0.1, 0.15) is 0 Å². The molecule has 1 aliphatic rings. The third-order valence-corrected chi connectivity index (χ3v) is 6.14. The van der Waals surface area contributed by atoms with Crippen molar-refractivity contribution in [1.29, 1.82) is 0 Å². The quantitative estimate of drug-likeness (QED) is 0.247. The number of nitrogens with zero attached hydrogens (tertiary/aromatic N) is 3. The highest BCUT2D eigenvalue weighted by Crippen LogP contribution is 2.16. The van der Waals surface area contributed by atoms with Crippen LogP contribution >= 0.6 is 12.2 Å². The number of hydrogen-bond acceptors (Lipinski definition) is 8. The van der Waals surface area contributed by atoms with E-state index in [1.165, 1.54) is 0 Å². The molecule has 11 nitrogen and oxygen atoms in total. The van der Waals surface area contributed by atoms with Gasteiger partial charge in [0, 0.05) is 49.3 Å². The van der Waals surface area contributed by atoms with Crippen molar-refractivity contribution in [3.05, 3.63) is 29.8 Å². The average molecular weight is 521 g/mol. The van der Waals surface area contributed by atoms with Crippen molar-refractivity contribution >= 4 is 48.0 Å². The molecular formula is C23H34BN4O7S. The summed E-state index contributed by atoms with van der Waals surface area (Å²) in [6, 6.07) is 7.35. The molecule has 1 aliphatic heterocycles. The number of carbonyl (C=O) groups is 3. The van der Waals surface area contributed by atoms with Crippen LogP contribution in [0.1, 0.15) is 5.56 Å². The van der Waals surface area contributed by atoms with E-state index in [2.05, 4.69) is 5.32 Å². The molecular weight excluding hydrogens is 487 g/mol. The average Bonchev–Trinajstić information content (AvgIpc) is 2.80. The zero-order chi connectivity index (χ0) is 26.5. The van der Waals surface area contributed by atoms with Crippen LogP contribution in [0.4, 0.5) is 5.69 Å². The molecule has 1 fully saturated rings. The maximum atomic E-state index is 11.6. The first kappa shape index (κ1) is 29.7. The van der Waals surface area contributed by atoms with Gasteiger partial charge in [0.05, 0.1) is 32.8 Å². The maximum absolute atomic E-state index is 11.6. The summed E-state index contributed by atoms with van der Waals surface area (Å²) in [6.45, 7) is 3.51. The van der Waals surface area contributed by atoms with Crippen molar-refractivity contribution in [3.8, 4) is 0 Å². The summed E-state index contributed by atoms with van der Waals surface area (Å²) in [7, 11) is 1.79. The van der Waals surface area contributed by atoms with E-state index in [4.69, 9.17) is 17.0 Å². The number of benzene rings is 1. The molecule has 1 radical (unpaired) electrons. The van der Waals surface area contributed by atoms with Crippen LogP contribution in [0.2, 0.25) is 6.82 Å². The van der Waals surface area contributed by atoms with Gasteiger partial charge in [0.2, 0.25) is 0 Å². The van der Waals surface area contributed by atoms with Crippen LogP contribution < -0.4 is 5.32 Å². The van der Waals surface area contributed by atoms with Gasteiger partial charge in [-0.25, -0.2) is 0 Å². The number of carboxylic acids is 3. The van der Waals surface area contributed by atoms with Crippen LogP contribution in [0, 0.1) is 0 Å². The van der Waals surface area contributed by atoms with Gasteiger partial charge in [-0.05, 0) is 24.1 Å². The lowest BCUT2D eigenvalue weighted by Crippen LogP contribution is -2.51. The second-order valence-corrected chi connectivity index (χ2v) is 9.05. The zero-order valence-corrected chi connectivity index (χ0v) is 21.3. The first-order valence-corrected chi connectivity index (χ1v) is 12.2. The van der Waals surface area contributed by atoms with E-state index in [0.29, 0.717) is 50.6 Å². The van der Waals surface area contributed by atoms with Gasteiger partial charge in [-0.15, -0.1) is 0 Å². The van der Waals surface area contributed by atoms with E-state index in [1.54, 1.807) is 22.0 Å². The van der Waals surface area contributed by atoms with Gasteiger partial charge < -0.3 is 25.4 Å². The molecule has 0 aromatic heterocycles. The Morgan fingerprint density at radius 2 is 1.53 bits per heavy atom. The number of rotatable bonds is 10. The molecule has 1 atom stereocenters. The first-order chi connectivity index (χ1) is 17.2. The molecule has 1 heterocycles. The molecule has 0 unspecified atom stereocenters. The number of carboxylic acid groups (broad SMARTS) is 3. The Kier molecular flexibility index (Phi) is 12.8. The highest BCUT2D eigenvalue weighted by Gasteiger charge is 2.26. The minimum Gasteiger partial charge on any atom is -0.480 e. The Labute approximate surface area is 217 Å². The van der Waals surface area contributed by atoms with E-state index < -0.39 is 17.9 Å². The van der Waals surface area contributed by atoms with E-state index in [-0.39, 0.29) is 32.3 Å². The number of hydrogen-bond donors (Lipinski definition) is 4. The number of nitrogens with one attached hydrogen (secondary N) is 1. The Morgan fingerprint density at radius 3 is 2.14 bits per heavy atom. The minimum atomic E-state index is -1.00. The molecule has 36 heavy (non-hydrogen) atoms. The minimum absolute atomic E-state index is 0.168. The second kappa shape index (κ2) is 15.5. The molecule has 0 bridgehead atoms. The predicted octanol–water partition coefficient (Wildman–Crippen LogP) is 0.237. The molecule has 1 saturated heterocycles. The van der Waals surface area contributed by atoms with E-state index in [9.17, 15) is 29.7 Å². The molecule has 0 spiro atoms. The summed E-state index contributed by atoms with van der Waals surface area (Å²) in [5.74, 6) is -2.95. The third kappa shape index (κ3) is 11.4. The smallest absolute Gasteiger partial charge is 0.317 e. The summed E-state index contributed by atoms with van der Waals surface area (Å²) in [5.41, 5.74) is 1.80. The molecule has 0 aliphatic carbocycles. The van der Waals surface area contributed by atoms with Gasteiger partial charge in [0.25, 0.3) is 0 Å². The lowest BCUT2D eigenvalue weighted by Gasteiger charge is -2.36. The van der Waals surface area contributed by atoms with Gasteiger partial charge in [-0.3, -0.25) is 29.1 Å². The summed E-state index contributed by atoms with van der Waals surface area (Å²) in [4.78, 5) is 40.3. The van der Waals surface area contributed by atoms with Crippen molar-refractivity contribution in [1.82, 2.24) is 14.7 Å². The maximum Gasteiger partial charge on any atom is 0.317 e. The SMILES string of the molecule is C[B]C(=S)Nc1ccc(C[C@H]2CN(CC(=O)O)CCN(CC(=O)O)CCOCCN2CC(=O)O)cc1. The molecule has 1 aromatic rings. The van der Waals surface area contributed by atoms with Gasteiger partial charge >= 0.3 is 17.9 Å². The topological polar surface area (TPSA) is 143 Å². The Morgan fingerprint density at radius 1 is 0.944 bits per heavy atom. The van der Waals surface area contributed by atoms with Crippen molar-refractivity contribution in [2.75, 3.05) is 70.9 Å². The van der Waals surface area contributed by atoms with E-state index in [0.717, 1.165) is 11.3 Å². The van der Waals surface area contributed by atoms with Gasteiger partial charge in [0.15, 0.2) is 7.28 Å². The monoisotopic (exact) mass is 521 g/mol. The molecule has 13 heteroatoms. The first-order valence-electron chi connectivity index (χ1n) is 11.8. The summed E-state index contributed by atoms with van der Waals surface area (Å²) in [6.07, 6.45) is 0.493. The molecule has 4 N–H and O–H groups in total. The molecule has 0 amide bonds. The van der Waals surface area contributed by atoms with Gasteiger partial charge in [-0.1, -0.05) is 31.2 Å². The molecule has 1 aromatic carbocycles. The van der Waals surface area contributed by atoms with Crippen molar-refractivity contribution in [2.24, 2.45) is 0 Å². The molecule has 197 valence electrons.